The monoisotopic (exact) mass is 530 g/mol. The average molecular weight is 531 g/mol. The molecule has 2 fully saturated rings. The number of rotatable bonds is 4. The maximum atomic E-state index is 13.2. The van der Waals surface area contributed by atoms with Gasteiger partial charge < -0.3 is 4.90 Å². The standard InChI is InChI=1S/C27H26N6O4S/c34-21-7-6-19(24(35)30-21)33-26(36)16-5-4-15(12-18(16)27(33)37)13-31-8-10-32(11-9-31)23-22-17-2-1-3-20(17)38-25(22)29-14-28-23/h4-5,12,14,19H,1-3,6-11,13H2,(H,30,34,35). The van der Waals surface area contributed by atoms with Crippen molar-refractivity contribution >= 4 is 51.0 Å². The fourth-order valence-corrected chi connectivity index (χ4v) is 7.37. The highest BCUT2D eigenvalue weighted by Gasteiger charge is 2.44. The van der Waals surface area contributed by atoms with Crippen LogP contribution in [0.2, 0.25) is 0 Å². The third-order valence-electron chi connectivity index (χ3n) is 8.06. The molecule has 1 N–H and O–H groups in total. The molecule has 10 nitrogen and oxygen atoms in total. The molecular weight excluding hydrogens is 504 g/mol. The molecule has 11 heteroatoms. The summed E-state index contributed by atoms with van der Waals surface area (Å²) in [6, 6.07) is 4.39. The summed E-state index contributed by atoms with van der Waals surface area (Å²) in [5, 5.41) is 3.47. The summed E-state index contributed by atoms with van der Waals surface area (Å²) in [4.78, 5) is 67.4. The molecule has 1 unspecified atom stereocenters. The SMILES string of the molecule is O=C1CCC(N2C(=O)c3ccc(CN4CCN(c5ncnc6sc7c(c56)CCC7)CC4)cc3C2=O)C(=O)N1. The lowest BCUT2D eigenvalue weighted by Crippen LogP contribution is -2.54. The van der Waals surface area contributed by atoms with E-state index in [1.165, 1.54) is 22.2 Å². The van der Waals surface area contributed by atoms with Gasteiger partial charge in [0.2, 0.25) is 11.8 Å². The van der Waals surface area contributed by atoms with Crippen molar-refractivity contribution in [3.8, 4) is 0 Å². The predicted molar refractivity (Wildman–Crippen MR) is 140 cm³/mol. The van der Waals surface area contributed by atoms with Crippen molar-refractivity contribution in [3.63, 3.8) is 0 Å². The number of amides is 4. The van der Waals surface area contributed by atoms with Crippen LogP contribution in [0.5, 0.6) is 0 Å². The number of carbonyl (C=O) groups is 4. The van der Waals surface area contributed by atoms with Crippen LogP contribution in [0, 0.1) is 0 Å². The third kappa shape index (κ3) is 3.71. The summed E-state index contributed by atoms with van der Waals surface area (Å²) in [6.45, 7) is 4.06. The van der Waals surface area contributed by atoms with E-state index in [2.05, 4.69) is 25.1 Å². The summed E-state index contributed by atoms with van der Waals surface area (Å²) in [7, 11) is 0. The molecule has 38 heavy (non-hydrogen) atoms. The normalized spacial score (nSPS) is 21.8. The molecule has 3 aliphatic heterocycles. The zero-order chi connectivity index (χ0) is 26.0. The van der Waals surface area contributed by atoms with Crippen LogP contribution in [0.4, 0.5) is 5.82 Å². The highest BCUT2D eigenvalue weighted by Crippen LogP contribution is 2.40. The van der Waals surface area contributed by atoms with Gasteiger partial charge in [-0.05, 0) is 48.9 Å². The lowest BCUT2D eigenvalue weighted by atomic mass is 10.0. The second-order valence-corrected chi connectivity index (χ2v) is 11.4. The van der Waals surface area contributed by atoms with Gasteiger partial charge in [-0.15, -0.1) is 11.3 Å². The minimum atomic E-state index is -0.950. The Kier molecular flexibility index (Phi) is 5.52. The second-order valence-electron chi connectivity index (χ2n) is 10.3. The minimum absolute atomic E-state index is 0.108. The summed E-state index contributed by atoms with van der Waals surface area (Å²) < 4.78 is 0. The minimum Gasteiger partial charge on any atom is -0.353 e. The van der Waals surface area contributed by atoms with Crippen molar-refractivity contribution < 1.29 is 19.2 Å². The van der Waals surface area contributed by atoms with E-state index in [1.807, 2.05) is 6.07 Å². The van der Waals surface area contributed by atoms with Crippen molar-refractivity contribution in [2.75, 3.05) is 31.1 Å². The number of piperazine rings is 1. The number of benzene rings is 1. The molecule has 0 bridgehead atoms. The Morgan fingerprint density at radius 1 is 0.947 bits per heavy atom. The van der Waals surface area contributed by atoms with Crippen LogP contribution in [0.15, 0.2) is 24.5 Å². The van der Waals surface area contributed by atoms with Crippen molar-refractivity contribution in [2.45, 2.75) is 44.7 Å². The number of thiophene rings is 1. The van der Waals surface area contributed by atoms with Crippen molar-refractivity contribution in [3.05, 3.63) is 51.7 Å². The molecule has 1 aromatic carbocycles. The number of anilines is 1. The maximum absolute atomic E-state index is 13.2. The van der Waals surface area contributed by atoms with Crippen LogP contribution in [-0.2, 0) is 29.0 Å². The lowest BCUT2D eigenvalue weighted by Gasteiger charge is -2.35. The fourth-order valence-electron chi connectivity index (χ4n) is 6.14. The van der Waals surface area contributed by atoms with E-state index in [0.29, 0.717) is 17.7 Å². The first-order valence-electron chi connectivity index (χ1n) is 13.0. The number of aromatic nitrogens is 2. The Hall–Kier alpha value is -3.70. The van der Waals surface area contributed by atoms with Crippen LogP contribution >= 0.6 is 11.3 Å². The zero-order valence-electron chi connectivity index (χ0n) is 20.7. The first-order chi connectivity index (χ1) is 18.5. The van der Waals surface area contributed by atoms with Gasteiger partial charge in [-0.2, -0.15) is 0 Å². The summed E-state index contributed by atoms with van der Waals surface area (Å²) >= 11 is 1.81. The van der Waals surface area contributed by atoms with E-state index in [1.54, 1.807) is 29.8 Å². The highest BCUT2D eigenvalue weighted by atomic mass is 32.1. The number of imide groups is 2. The van der Waals surface area contributed by atoms with E-state index >= 15 is 0 Å². The number of piperidine rings is 1. The first-order valence-corrected chi connectivity index (χ1v) is 13.9. The second kappa shape index (κ2) is 8.95. The van der Waals surface area contributed by atoms with Gasteiger partial charge in [0, 0.05) is 44.0 Å². The topological polar surface area (TPSA) is 116 Å². The zero-order valence-corrected chi connectivity index (χ0v) is 21.6. The van der Waals surface area contributed by atoms with E-state index in [-0.39, 0.29) is 18.7 Å². The Morgan fingerprint density at radius 3 is 2.58 bits per heavy atom. The van der Waals surface area contributed by atoms with E-state index in [9.17, 15) is 19.2 Å². The van der Waals surface area contributed by atoms with E-state index in [0.717, 1.165) is 60.1 Å². The maximum Gasteiger partial charge on any atom is 0.262 e. The molecule has 0 spiro atoms. The molecule has 194 valence electrons. The highest BCUT2D eigenvalue weighted by molar-refractivity contribution is 7.19. The van der Waals surface area contributed by atoms with Gasteiger partial charge in [-0.25, -0.2) is 9.97 Å². The van der Waals surface area contributed by atoms with Gasteiger partial charge in [0.1, 0.15) is 23.0 Å². The third-order valence-corrected chi connectivity index (χ3v) is 9.26. The Balaban J connectivity index is 1.04. The largest absolute Gasteiger partial charge is 0.353 e. The number of hydrogen-bond acceptors (Lipinski definition) is 9. The van der Waals surface area contributed by atoms with Gasteiger partial charge in [-0.3, -0.25) is 34.3 Å². The van der Waals surface area contributed by atoms with Crippen LogP contribution in [0.3, 0.4) is 0 Å². The molecule has 3 aromatic rings. The average Bonchev–Trinajstić information content (AvgIpc) is 3.57. The number of hydrogen-bond donors (Lipinski definition) is 1. The van der Waals surface area contributed by atoms with Crippen molar-refractivity contribution in [1.29, 1.82) is 0 Å². The van der Waals surface area contributed by atoms with Crippen LogP contribution in [0.25, 0.3) is 10.2 Å². The van der Waals surface area contributed by atoms with Crippen LogP contribution < -0.4 is 10.2 Å². The van der Waals surface area contributed by atoms with Crippen molar-refractivity contribution in [1.82, 2.24) is 25.1 Å². The summed E-state index contributed by atoms with van der Waals surface area (Å²) in [5.74, 6) is -0.877. The van der Waals surface area contributed by atoms with E-state index in [4.69, 9.17) is 0 Å². The van der Waals surface area contributed by atoms with Gasteiger partial charge in [-0.1, -0.05) is 6.07 Å². The van der Waals surface area contributed by atoms with Gasteiger partial charge in [0.25, 0.3) is 11.8 Å². The Labute approximate surface area is 222 Å². The number of nitrogens with one attached hydrogen (secondary N) is 1. The van der Waals surface area contributed by atoms with Gasteiger partial charge >= 0.3 is 0 Å². The number of aryl methyl sites for hydroxylation is 2. The molecule has 0 radical (unpaired) electrons. The molecule has 4 amide bonds. The van der Waals surface area contributed by atoms with Gasteiger partial charge in [0.05, 0.1) is 16.5 Å². The first kappa shape index (κ1) is 23.4. The smallest absolute Gasteiger partial charge is 0.262 e. The summed E-state index contributed by atoms with van der Waals surface area (Å²) in [5.41, 5.74) is 3.02. The molecule has 1 atom stereocenters. The quantitative estimate of drug-likeness (QED) is 0.509. The molecule has 5 heterocycles. The Morgan fingerprint density at radius 2 is 1.76 bits per heavy atom. The van der Waals surface area contributed by atoms with Crippen molar-refractivity contribution in [2.24, 2.45) is 0 Å². The fraction of sp³-hybridized carbons (Fsp3) is 0.407. The van der Waals surface area contributed by atoms with E-state index < -0.39 is 23.8 Å². The number of nitrogens with zero attached hydrogens (tertiary/aromatic N) is 5. The lowest BCUT2D eigenvalue weighted by molar-refractivity contribution is -0.136. The molecule has 7 rings (SSSR count). The molecule has 0 saturated carbocycles. The van der Waals surface area contributed by atoms with Crippen LogP contribution in [-0.4, -0.2) is 75.6 Å². The summed E-state index contributed by atoms with van der Waals surface area (Å²) in [6.07, 6.45) is 5.40. The number of fused-ring (bicyclic) bond motifs is 4. The molecule has 1 aliphatic carbocycles. The Bertz CT molecular complexity index is 1530. The molecule has 2 saturated heterocycles. The molecule has 2 aromatic heterocycles. The van der Waals surface area contributed by atoms with Gasteiger partial charge in [0.15, 0.2) is 0 Å². The molecular formula is C27H26N6O4S. The number of carbonyl (C=O) groups excluding carboxylic acids is 4. The molecule has 4 aliphatic rings. The van der Waals surface area contributed by atoms with Crippen LogP contribution in [0.1, 0.15) is 56.0 Å². The predicted octanol–water partition coefficient (Wildman–Crippen LogP) is 1.90.